The van der Waals surface area contributed by atoms with Gasteiger partial charge in [-0.05, 0) is 67.7 Å². The van der Waals surface area contributed by atoms with Crippen LogP contribution in [0, 0.1) is 12.8 Å². The number of hydrogen-bond acceptors (Lipinski definition) is 4. The second-order valence-electron chi connectivity index (χ2n) is 9.24. The summed E-state index contributed by atoms with van der Waals surface area (Å²) in [7, 11) is 1.92. The predicted molar refractivity (Wildman–Crippen MR) is 141 cm³/mol. The van der Waals surface area contributed by atoms with E-state index in [0.29, 0.717) is 19.0 Å². The Kier molecular flexibility index (Phi) is 8.29. The van der Waals surface area contributed by atoms with Crippen LogP contribution in [0.2, 0.25) is 0 Å². The summed E-state index contributed by atoms with van der Waals surface area (Å²) in [5, 5.41) is 4.20. The Morgan fingerprint density at radius 3 is 2.49 bits per heavy atom. The second-order valence-corrected chi connectivity index (χ2v) is 10.1. The molecule has 4 rings (SSSR count). The van der Waals surface area contributed by atoms with E-state index in [1.807, 2.05) is 59.6 Å². The number of benzene rings is 2. The van der Waals surface area contributed by atoms with Gasteiger partial charge in [0.2, 0.25) is 5.91 Å². The van der Waals surface area contributed by atoms with Crippen LogP contribution < -0.4 is 0 Å². The van der Waals surface area contributed by atoms with Crippen LogP contribution in [0.5, 0.6) is 0 Å². The van der Waals surface area contributed by atoms with Crippen molar-refractivity contribution in [3.63, 3.8) is 0 Å². The molecule has 0 spiro atoms. The Labute approximate surface area is 212 Å². The number of likely N-dealkylation sites (tertiary alicyclic amines) is 1. The van der Waals surface area contributed by atoms with Crippen LogP contribution in [0.4, 0.5) is 0 Å². The summed E-state index contributed by atoms with van der Waals surface area (Å²) in [5.74, 6) is 0.479. The number of carbonyl (C=O) groups is 2. The molecular weight excluding hydrogens is 456 g/mol. The van der Waals surface area contributed by atoms with Crippen molar-refractivity contribution >= 4 is 23.6 Å². The van der Waals surface area contributed by atoms with E-state index in [1.165, 1.54) is 11.1 Å². The average molecular weight is 491 g/mol. The summed E-state index contributed by atoms with van der Waals surface area (Å²) < 4.78 is 1.67. The van der Waals surface area contributed by atoms with Crippen LogP contribution in [0.1, 0.15) is 34.3 Å². The Morgan fingerprint density at radius 2 is 1.80 bits per heavy atom. The third-order valence-electron chi connectivity index (χ3n) is 7.15. The van der Waals surface area contributed by atoms with Crippen LogP contribution in [-0.2, 0) is 17.8 Å². The maximum Gasteiger partial charge on any atom is 0.254 e. The molecule has 7 heteroatoms. The van der Waals surface area contributed by atoms with E-state index in [-0.39, 0.29) is 24.4 Å². The number of amides is 2. The fraction of sp³-hybridized carbons (Fsp3) is 0.393. The number of carbonyl (C=O) groups excluding carboxylic acids is 2. The summed E-state index contributed by atoms with van der Waals surface area (Å²) in [6.45, 7) is 3.77. The first-order valence-electron chi connectivity index (χ1n) is 12.2. The third kappa shape index (κ3) is 5.96. The summed E-state index contributed by atoms with van der Waals surface area (Å²) in [5.41, 5.74) is 3.29. The molecule has 2 aromatic carbocycles. The van der Waals surface area contributed by atoms with Crippen molar-refractivity contribution < 1.29 is 9.59 Å². The van der Waals surface area contributed by atoms with Crippen molar-refractivity contribution in [2.45, 2.75) is 43.7 Å². The van der Waals surface area contributed by atoms with Gasteiger partial charge in [0.25, 0.3) is 5.91 Å². The number of hydrogen-bond donors (Lipinski definition) is 0. The smallest absolute Gasteiger partial charge is 0.254 e. The minimum atomic E-state index is 0.0553. The molecule has 3 aromatic rings. The topological polar surface area (TPSA) is 58.4 Å². The highest BCUT2D eigenvalue weighted by molar-refractivity contribution is 7.98. The van der Waals surface area contributed by atoms with E-state index in [2.05, 4.69) is 36.3 Å². The van der Waals surface area contributed by atoms with E-state index >= 15 is 0 Å². The zero-order valence-corrected chi connectivity index (χ0v) is 21.6. The summed E-state index contributed by atoms with van der Waals surface area (Å²) >= 11 is 1.61. The van der Waals surface area contributed by atoms with Crippen LogP contribution in [0.3, 0.4) is 0 Å². The molecule has 0 saturated carbocycles. The Morgan fingerprint density at radius 1 is 1.09 bits per heavy atom. The van der Waals surface area contributed by atoms with Crippen molar-refractivity contribution in [1.82, 2.24) is 19.6 Å². The first-order valence-corrected chi connectivity index (χ1v) is 13.4. The average Bonchev–Trinajstić information content (AvgIpc) is 3.40. The zero-order valence-electron chi connectivity index (χ0n) is 20.8. The van der Waals surface area contributed by atoms with Crippen molar-refractivity contribution in [3.8, 4) is 0 Å². The van der Waals surface area contributed by atoms with Gasteiger partial charge < -0.3 is 9.80 Å². The van der Waals surface area contributed by atoms with E-state index in [0.717, 1.165) is 29.7 Å². The minimum Gasteiger partial charge on any atom is -0.341 e. The lowest BCUT2D eigenvalue weighted by molar-refractivity contribution is -0.134. The number of thioether (sulfide) groups is 1. The molecule has 1 fully saturated rings. The number of piperidine rings is 1. The van der Waals surface area contributed by atoms with Crippen LogP contribution in [0.25, 0.3) is 0 Å². The van der Waals surface area contributed by atoms with Gasteiger partial charge in [-0.1, -0.05) is 36.4 Å². The van der Waals surface area contributed by atoms with Crippen LogP contribution in [-0.4, -0.2) is 63.8 Å². The van der Waals surface area contributed by atoms with Crippen molar-refractivity contribution in [1.29, 1.82) is 0 Å². The normalized spacial score (nSPS) is 15.1. The molecule has 1 aromatic heterocycles. The lowest BCUT2D eigenvalue weighted by atomic mass is 9.84. The fourth-order valence-corrected chi connectivity index (χ4v) is 5.58. The minimum absolute atomic E-state index is 0.0553. The number of aromatic nitrogens is 2. The van der Waals surface area contributed by atoms with Crippen molar-refractivity contribution in [2.24, 2.45) is 5.92 Å². The summed E-state index contributed by atoms with van der Waals surface area (Å²) in [6.07, 6.45) is 8.08. The number of nitrogens with zero attached hydrogens (tertiary/aromatic N) is 4. The molecule has 1 aliphatic heterocycles. The maximum atomic E-state index is 13.2. The lowest BCUT2D eigenvalue weighted by Gasteiger charge is -2.40. The monoisotopic (exact) mass is 490 g/mol. The van der Waals surface area contributed by atoms with Crippen molar-refractivity contribution in [2.75, 3.05) is 26.4 Å². The molecule has 6 nitrogen and oxygen atoms in total. The Bertz CT molecular complexity index is 1140. The second kappa shape index (κ2) is 11.6. The quantitative estimate of drug-likeness (QED) is 0.435. The molecule has 0 radical (unpaired) electrons. The van der Waals surface area contributed by atoms with Gasteiger partial charge >= 0.3 is 0 Å². The molecule has 1 atom stereocenters. The molecule has 1 unspecified atom stereocenters. The van der Waals surface area contributed by atoms with Gasteiger partial charge in [0.15, 0.2) is 0 Å². The van der Waals surface area contributed by atoms with Gasteiger partial charge in [0, 0.05) is 43.5 Å². The molecule has 1 aliphatic rings. The van der Waals surface area contributed by atoms with E-state index < -0.39 is 0 Å². The SMILES string of the molecule is CSc1ccccc1C(=O)N1CCC(C(Cc2ccccc2C)N(C)C(=O)Cn2cccn2)CC1. The highest BCUT2D eigenvalue weighted by Gasteiger charge is 2.33. The molecule has 2 heterocycles. The molecular formula is C28H34N4O2S. The maximum absolute atomic E-state index is 13.2. The van der Waals surface area contributed by atoms with Gasteiger partial charge in [-0.3, -0.25) is 14.3 Å². The van der Waals surface area contributed by atoms with Crippen LogP contribution in [0.15, 0.2) is 71.9 Å². The van der Waals surface area contributed by atoms with Gasteiger partial charge in [0.05, 0.1) is 5.56 Å². The van der Waals surface area contributed by atoms with E-state index in [4.69, 9.17) is 0 Å². The van der Waals surface area contributed by atoms with Gasteiger partial charge in [-0.25, -0.2) is 0 Å². The highest BCUT2D eigenvalue weighted by atomic mass is 32.2. The van der Waals surface area contributed by atoms with Gasteiger partial charge in [0.1, 0.15) is 6.54 Å². The molecule has 0 N–H and O–H groups in total. The molecule has 0 aliphatic carbocycles. The predicted octanol–water partition coefficient (Wildman–Crippen LogP) is 4.54. The van der Waals surface area contributed by atoms with Gasteiger partial charge in [-0.2, -0.15) is 5.10 Å². The number of aryl methyl sites for hydroxylation is 1. The van der Waals surface area contributed by atoms with Crippen LogP contribution >= 0.6 is 11.8 Å². The standard InChI is InChI=1S/C28H34N4O2S/c1-21-9-4-5-10-23(21)19-25(30(2)27(33)20-32-16-8-15-29-32)22-13-17-31(18-14-22)28(34)24-11-6-7-12-26(24)35-3/h4-12,15-16,22,25H,13-14,17-20H2,1-3H3. The zero-order chi connectivity index (χ0) is 24.8. The molecule has 1 saturated heterocycles. The summed E-state index contributed by atoms with van der Waals surface area (Å²) in [6, 6.07) is 18.1. The highest BCUT2D eigenvalue weighted by Crippen LogP contribution is 2.29. The molecule has 0 bridgehead atoms. The van der Waals surface area contributed by atoms with E-state index in [1.54, 1.807) is 22.6 Å². The van der Waals surface area contributed by atoms with Crippen molar-refractivity contribution in [3.05, 3.63) is 83.7 Å². The lowest BCUT2D eigenvalue weighted by Crippen LogP contribution is -2.49. The molecule has 35 heavy (non-hydrogen) atoms. The molecule has 2 amide bonds. The largest absolute Gasteiger partial charge is 0.341 e. The van der Waals surface area contributed by atoms with E-state index in [9.17, 15) is 9.59 Å². The fourth-order valence-electron chi connectivity index (χ4n) is 4.99. The Balaban J connectivity index is 1.49. The first-order chi connectivity index (χ1) is 17.0. The summed E-state index contributed by atoms with van der Waals surface area (Å²) in [4.78, 5) is 31.4. The molecule has 184 valence electrons. The third-order valence-corrected chi connectivity index (χ3v) is 7.94. The first kappa shape index (κ1) is 25.0. The Hall–Kier alpha value is -3.06. The van der Waals surface area contributed by atoms with Gasteiger partial charge in [-0.15, -0.1) is 11.8 Å². The number of likely N-dealkylation sites (N-methyl/N-ethyl adjacent to an activating group) is 1. The number of rotatable bonds is 8.